The number of sulfonamides is 1. The highest BCUT2D eigenvalue weighted by Gasteiger charge is 2.08. The summed E-state index contributed by atoms with van der Waals surface area (Å²) in [7, 11) is -3.09. The molecule has 73 valence electrons. The van der Waals surface area contributed by atoms with Crippen molar-refractivity contribution in [2.75, 3.05) is 12.3 Å². The molecule has 1 radical (unpaired) electrons. The van der Waals surface area contributed by atoms with Crippen LogP contribution in [0.2, 0.25) is 0 Å². The molecule has 0 bridgehead atoms. The maximum Gasteiger partial charge on any atom is 0.227 e. The van der Waals surface area contributed by atoms with Gasteiger partial charge >= 0.3 is 0 Å². The SMILES string of the molecule is CCCCCCS(=O)(=O)[N]CC. The molecule has 0 rings (SSSR count). The fraction of sp³-hybridized carbons (Fsp3) is 1.00. The lowest BCUT2D eigenvalue weighted by atomic mass is 10.2. The summed E-state index contributed by atoms with van der Waals surface area (Å²) in [5.41, 5.74) is 0. The van der Waals surface area contributed by atoms with Crippen LogP contribution in [0.3, 0.4) is 0 Å². The van der Waals surface area contributed by atoms with Gasteiger partial charge in [0.05, 0.1) is 5.75 Å². The number of nitrogens with zero attached hydrogens (tertiary/aromatic N) is 1. The van der Waals surface area contributed by atoms with E-state index in [1.54, 1.807) is 6.92 Å². The molecule has 0 aliphatic heterocycles. The van der Waals surface area contributed by atoms with Gasteiger partial charge < -0.3 is 0 Å². The van der Waals surface area contributed by atoms with Crippen LogP contribution >= 0.6 is 0 Å². The Morgan fingerprint density at radius 3 is 2.25 bits per heavy atom. The highest BCUT2D eigenvalue weighted by atomic mass is 32.2. The summed E-state index contributed by atoms with van der Waals surface area (Å²) in [6, 6.07) is 0. The molecule has 0 spiro atoms. The van der Waals surface area contributed by atoms with Crippen LogP contribution in [0, 0.1) is 0 Å². The van der Waals surface area contributed by atoms with Crippen molar-refractivity contribution in [3.8, 4) is 0 Å². The van der Waals surface area contributed by atoms with Crippen LogP contribution in [0.25, 0.3) is 0 Å². The third-order valence-electron chi connectivity index (χ3n) is 1.58. The van der Waals surface area contributed by atoms with E-state index in [2.05, 4.69) is 11.6 Å². The normalized spacial score (nSPS) is 11.8. The number of hydrogen-bond donors (Lipinski definition) is 0. The Kier molecular flexibility index (Phi) is 6.38. The second kappa shape index (κ2) is 6.43. The van der Waals surface area contributed by atoms with E-state index in [1.165, 1.54) is 0 Å². The van der Waals surface area contributed by atoms with E-state index >= 15 is 0 Å². The van der Waals surface area contributed by atoms with E-state index in [0.717, 1.165) is 25.7 Å². The number of unbranched alkanes of at least 4 members (excludes halogenated alkanes) is 3. The number of hydrogen-bond acceptors (Lipinski definition) is 2. The Balaban J connectivity index is 3.48. The van der Waals surface area contributed by atoms with Gasteiger partial charge in [-0.3, -0.25) is 0 Å². The monoisotopic (exact) mass is 192 g/mol. The van der Waals surface area contributed by atoms with Gasteiger partial charge in [0.1, 0.15) is 0 Å². The van der Waals surface area contributed by atoms with Crippen molar-refractivity contribution in [3.63, 3.8) is 0 Å². The molecule has 0 aromatic heterocycles. The maximum absolute atomic E-state index is 11.0. The molecule has 12 heavy (non-hydrogen) atoms. The number of rotatable bonds is 7. The van der Waals surface area contributed by atoms with Gasteiger partial charge in [0.25, 0.3) is 0 Å². The van der Waals surface area contributed by atoms with Crippen molar-refractivity contribution in [3.05, 3.63) is 0 Å². The van der Waals surface area contributed by atoms with Gasteiger partial charge in [-0.25, -0.2) is 8.42 Å². The minimum Gasteiger partial charge on any atom is -0.211 e. The van der Waals surface area contributed by atoms with Crippen LogP contribution < -0.4 is 4.72 Å². The van der Waals surface area contributed by atoms with Crippen LogP contribution in [0.15, 0.2) is 0 Å². The minimum atomic E-state index is -3.09. The third kappa shape index (κ3) is 6.61. The van der Waals surface area contributed by atoms with Gasteiger partial charge in [-0.15, -0.1) is 4.72 Å². The van der Waals surface area contributed by atoms with Crippen molar-refractivity contribution in [2.45, 2.75) is 39.5 Å². The lowest BCUT2D eigenvalue weighted by molar-refractivity contribution is 0.576. The first-order valence-electron chi connectivity index (χ1n) is 4.54. The predicted octanol–water partition coefficient (Wildman–Crippen LogP) is 1.52. The van der Waals surface area contributed by atoms with Crippen molar-refractivity contribution < 1.29 is 8.42 Å². The Morgan fingerprint density at radius 1 is 1.08 bits per heavy atom. The smallest absolute Gasteiger partial charge is 0.211 e. The third-order valence-corrected chi connectivity index (χ3v) is 3.04. The van der Waals surface area contributed by atoms with E-state index < -0.39 is 10.0 Å². The molecule has 0 fully saturated rings. The van der Waals surface area contributed by atoms with Crippen molar-refractivity contribution in [1.82, 2.24) is 4.72 Å². The Bertz CT molecular complexity index is 187. The summed E-state index contributed by atoms with van der Waals surface area (Å²) in [5, 5.41) is 0. The molecule has 0 unspecified atom stereocenters. The maximum atomic E-state index is 11.0. The zero-order valence-electron chi connectivity index (χ0n) is 7.91. The molecule has 0 N–H and O–H groups in total. The molecule has 3 nitrogen and oxygen atoms in total. The predicted molar refractivity (Wildman–Crippen MR) is 50.6 cm³/mol. The summed E-state index contributed by atoms with van der Waals surface area (Å²) < 4.78 is 25.6. The molecule has 0 heterocycles. The fourth-order valence-electron chi connectivity index (χ4n) is 0.972. The van der Waals surface area contributed by atoms with Gasteiger partial charge in [0, 0.05) is 6.54 Å². The Hall–Kier alpha value is -0.0900. The van der Waals surface area contributed by atoms with Crippen molar-refractivity contribution >= 4 is 10.0 Å². The summed E-state index contributed by atoms with van der Waals surface area (Å²) in [6.45, 7) is 4.21. The topological polar surface area (TPSA) is 48.2 Å². The highest BCUT2D eigenvalue weighted by Crippen LogP contribution is 2.01. The molecule has 0 aliphatic carbocycles. The van der Waals surface area contributed by atoms with Crippen molar-refractivity contribution in [2.24, 2.45) is 0 Å². The lowest BCUT2D eigenvalue weighted by Gasteiger charge is -2.00. The van der Waals surface area contributed by atoms with Crippen LogP contribution in [-0.2, 0) is 10.0 Å². The average molecular weight is 192 g/mol. The van der Waals surface area contributed by atoms with E-state index in [-0.39, 0.29) is 5.75 Å². The molecule has 0 aliphatic rings. The lowest BCUT2D eigenvalue weighted by Crippen LogP contribution is -2.19. The largest absolute Gasteiger partial charge is 0.227 e. The Labute approximate surface area is 75.6 Å². The van der Waals surface area contributed by atoms with Gasteiger partial charge in [-0.1, -0.05) is 26.2 Å². The van der Waals surface area contributed by atoms with Crippen molar-refractivity contribution in [1.29, 1.82) is 0 Å². The summed E-state index contributed by atoms with van der Waals surface area (Å²) in [6.07, 6.45) is 3.99. The van der Waals surface area contributed by atoms with Crippen LogP contribution in [-0.4, -0.2) is 20.7 Å². The van der Waals surface area contributed by atoms with Gasteiger partial charge in [0.15, 0.2) is 0 Å². The molecule has 0 saturated heterocycles. The highest BCUT2D eigenvalue weighted by molar-refractivity contribution is 7.89. The molecular weight excluding hydrogens is 174 g/mol. The van der Waals surface area contributed by atoms with E-state index in [1.807, 2.05) is 0 Å². The molecule has 4 heteroatoms. The zero-order valence-corrected chi connectivity index (χ0v) is 8.73. The van der Waals surface area contributed by atoms with Crippen LogP contribution in [0.1, 0.15) is 39.5 Å². The molecule has 0 saturated carbocycles. The summed E-state index contributed by atoms with van der Waals surface area (Å²) in [5.74, 6) is 0.223. The fourth-order valence-corrected chi connectivity index (χ4v) is 2.06. The van der Waals surface area contributed by atoms with Gasteiger partial charge in [0.2, 0.25) is 10.0 Å². The molecule has 0 atom stereocenters. The molecule has 0 aromatic rings. The first-order chi connectivity index (χ1) is 5.62. The van der Waals surface area contributed by atoms with Gasteiger partial charge in [-0.2, -0.15) is 0 Å². The van der Waals surface area contributed by atoms with Crippen LogP contribution in [0.4, 0.5) is 0 Å². The quantitative estimate of drug-likeness (QED) is 0.574. The molecule has 0 amide bonds. The minimum absolute atomic E-state index is 0.223. The standard InChI is InChI=1S/C8H18NO2S/c1-3-5-6-7-8-12(10,11)9-4-2/h3-8H2,1-2H3. The summed E-state index contributed by atoms with van der Waals surface area (Å²) in [4.78, 5) is 0. The summed E-state index contributed by atoms with van der Waals surface area (Å²) >= 11 is 0. The van der Waals surface area contributed by atoms with Crippen LogP contribution in [0.5, 0.6) is 0 Å². The average Bonchev–Trinajstić information content (AvgIpc) is 1.98. The van der Waals surface area contributed by atoms with E-state index in [4.69, 9.17) is 0 Å². The second-order valence-electron chi connectivity index (χ2n) is 2.79. The Morgan fingerprint density at radius 2 is 1.75 bits per heavy atom. The first-order valence-corrected chi connectivity index (χ1v) is 6.14. The second-order valence-corrected chi connectivity index (χ2v) is 4.62. The molecular formula is C8H18NO2S. The molecule has 0 aromatic carbocycles. The van der Waals surface area contributed by atoms with E-state index in [9.17, 15) is 8.42 Å². The van der Waals surface area contributed by atoms with E-state index in [0.29, 0.717) is 6.54 Å². The van der Waals surface area contributed by atoms with Gasteiger partial charge in [-0.05, 0) is 13.3 Å². The zero-order chi connectivity index (χ0) is 9.45. The first kappa shape index (κ1) is 11.9.